The van der Waals surface area contributed by atoms with Crippen LogP contribution < -0.4 is 10.2 Å². The van der Waals surface area contributed by atoms with Crippen molar-refractivity contribution in [2.75, 3.05) is 23.3 Å². The molecule has 2 aliphatic heterocycles. The van der Waals surface area contributed by atoms with Crippen molar-refractivity contribution in [3.8, 4) is 0 Å². The van der Waals surface area contributed by atoms with E-state index in [1.165, 1.54) is 0 Å². The minimum absolute atomic E-state index is 0.0316. The molecule has 6 heteroatoms. The lowest BCUT2D eigenvalue weighted by molar-refractivity contribution is -0.141. The van der Waals surface area contributed by atoms with E-state index < -0.39 is 5.54 Å². The molecule has 140 valence electrons. The van der Waals surface area contributed by atoms with Gasteiger partial charge in [0, 0.05) is 37.8 Å². The Morgan fingerprint density at radius 3 is 2.69 bits per heavy atom. The third-order valence-electron chi connectivity index (χ3n) is 5.51. The summed E-state index contributed by atoms with van der Waals surface area (Å²) in [6.45, 7) is 6.71. The second-order valence-electron chi connectivity index (χ2n) is 7.39. The maximum atomic E-state index is 13.0. The normalized spacial score (nSPS) is 21.7. The van der Waals surface area contributed by atoms with Gasteiger partial charge in [-0.1, -0.05) is 6.92 Å². The van der Waals surface area contributed by atoms with Crippen LogP contribution in [0.1, 0.15) is 52.0 Å². The smallest absolute Gasteiger partial charge is 0.250 e. The van der Waals surface area contributed by atoms with Crippen molar-refractivity contribution in [2.24, 2.45) is 0 Å². The molecule has 26 heavy (non-hydrogen) atoms. The average molecular weight is 357 g/mol. The Morgan fingerprint density at radius 1 is 1.23 bits per heavy atom. The number of hydrogen-bond acceptors (Lipinski definition) is 3. The highest BCUT2D eigenvalue weighted by molar-refractivity contribution is 6.01. The molecule has 0 aromatic heterocycles. The zero-order chi connectivity index (χ0) is 18.9. The molecule has 0 bridgehead atoms. The summed E-state index contributed by atoms with van der Waals surface area (Å²) in [6.07, 6.45) is 3.57. The Kier molecular flexibility index (Phi) is 5.03. The van der Waals surface area contributed by atoms with E-state index in [2.05, 4.69) is 5.32 Å². The Labute approximate surface area is 154 Å². The van der Waals surface area contributed by atoms with Gasteiger partial charge in [0.05, 0.1) is 0 Å². The van der Waals surface area contributed by atoms with Crippen LogP contribution in [0.25, 0.3) is 0 Å². The van der Waals surface area contributed by atoms with Gasteiger partial charge in [0.25, 0.3) is 0 Å². The Balaban J connectivity index is 1.76. The van der Waals surface area contributed by atoms with Gasteiger partial charge in [-0.25, -0.2) is 0 Å². The summed E-state index contributed by atoms with van der Waals surface area (Å²) in [5.41, 5.74) is 1.91. The first kappa shape index (κ1) is 18.4. The molecule has 2 aliphatic rings. The Bertz CT molecular complexity index is 746. The van der Waals surface area contributed by atoms with Crippen LogP contribution in [-0.4, -0.2) is 41.2 Å². The largest absolute Gasteiger partial charge is 0.328 e. The van der Waals surface area contributed by atoms with Gasteiger partial charge in [0.2, 0.25) is 17.7 Å². The molecule has 6 nitrogen and oxygen atoms in total. The number of nitrogens with zero attached hydrogens (tertiary/aromatic N) is 2. The molecule has 3 amide bonds. The number of benzene rings is 1. The Hall–Kier alpha value is -2.37. The van der Waals surface area contributed by atoms with E-state index >= 15 is 0 Å². The van der Waals surface area contributed by atoms with Crippen LogP contribution in [0.2, 0.25) is 0 Å². The molecule has 3 rings (SSSR count). The fourth-order valence-corrected chi connectivity index (χ4v) is 4.02. The lowest BCUT2D eigenvalue weighted by Crippen LogP contribution is -2.53. The first-order valence-corrected chi connectivity index (χ1v) is 9.40. The molecule has 0 aliphatic carbocycles. The number of rotatable bonds is 4. The van der Waals surface area contributed by atoms with Gasteiger partial charge < -0.3 is 15.1 Å². The number of likely N-dealkylation sites (tertiary alicyclic amines) is 1. The monoisotopic (exact) mass is 357 g/mol. The van der Waals surface area contributed by atoms with Crippen molar-refractivity contribution in [2.45, 2.75) is 58.4 Å². The molecule has 0 saturated carbocycles. The van der Waals surface area contributed by atoms with E-state index in [1.807, 2.05) is 32.0 Å². The molecule has 2 heterocycles. The summed E-state index contributed by atoms with van der Waals surface area (Å²) in [6, 6.07) is 5.65. The van der Waals surface area contributed by atoms with E-state index in [1.54, 1.807) is 16.7 Å². The molecule has 0 spiro atoms. The lowest BCUT2D eigenvalue weighted by Gasteiger charge is -2.34. The highest BCUT2D eigenvalue weighted by atomic mass is 16.2. The van der Waals surface area contributed by atoms with Gasteiger partial charge in [-0.2, -0.15) is 0 Å². The van der Waals surface area contributed by atoms with E-state index in [-0.39, 0.29) is 17.7 Å². The van der Waals surface area contributed by atoms with Crippen molar-refractivity contribution in [1.29, 1.82) is 0 Å². The molecular formula is C20H27N3O3. The fourth-order valence-electron chi connectivity index (χ4n) is 4.02. The number of fused-ring (bicyclic) bond motifs is 1. The van der Waals surface area contributed by atoms with Crippen LogP contribution in [0.3, 0.4) is 0 Å². The van der Waals surface area contributed by atoms with Gasteiger partial charge in [0.15, 0.2) is 0 Å². The number of anilines is 2. The van der Waals surface area contributed by atoms with Crippen LogP contribution in [0.5, 0.6) is 0 Å². The maximum absolute atomic E-state index is 13.0. The van der Waals surface area contributed by atoms with Crippen molar-refractivity contribution >= 4 is 29.1 Å². The van der Waals surface area contributed by atoms with E-state index in [9.17, 15) is 14.4 Å². The number of hydrogen-bond donors (Lipinski definition) is 1. The first-order valence-electron chi connectivity index (χ1n) is 9.40. The zero-order valence-electron chi connectivity index (χ0n) is 15.8. The van der Waals surface area contributed by atoms with Crippen LogP contribution in [0, 0.1) is 0 Å². The molecule has 1 aromatic rings. The minimum Gasteiger partial charge on any atom is -0.328 e. The zero-order valence-corrected chi connectivity index (χ0v) is 15.8. The Morgan fingerprint density at radius 2 is 2.00 bits per heavy atom. The van der Waals surface area contributed by atoms with Crippen molar-refractivity contribution in [3.05, 3.63) is 23.8 Å². The molecule has 1 atom stereocenters. The molecule has 1 unspecified atom stereocenters. The van der Waals surface area contributed by atoms with E-state index in [4.69, 9.17) is 0 Å². The van der Waals surface area contributed by atoms with Crippen molar-refractivity contribution < 1.29 is 14.4 Å². The molecule has 1 N–H and O–H groups in total. The molecule has 0 radical (unpaired) electrons. The highest BCUT2D eigenvalue weighted by Gasteiger charge is 2.45. The van der Waals surface area contributed by atoms with Crippen LogP contribution in [0.4, 0.5) is 11.4 Å². The van der Waals surface area contributed by atoms with Gasteiger partial charge in [0.1, 0.15) is 5.54 Å². The third-order valence-corrected chi connectivity index (χ3v) is 5.51. The molecule has 1 saturated heterocycles. The topological polar surface area (TPSA) is 69.7 Å². The van der Waals surface area contributed by atoms with Gasteiger partial charge >= 0.3 is 0 Å². The molecule has 1 fully saturated rings. The average Bonchev–Trinajstić information content (AvgIpc) is 3.19. The minimum atomic E-state index is -0.795. The van der Waals surface area contributed by atoms with Gasteiger partial charge in [-0.15, -0.1) is 0 Å². The third kappa shape index (κ3) is 3.20. The SMILES string of the molecule is CCCC(=O)N1CCCC1(C)C(=O)Nc1ccc2c(c1)CCN2C(C)=O. The van der Waals surface area contributed by atoms with Crippen LogP contribution in [0.15, 0.2) is 18.2 Å². The van der Waals surface area contributed by atoms with Crippen molar-refractivity contribution in [1.82, 2.24) is 4.90 Å². The fraction of sp³-hybridized carbons (Fsp3) is 0.550. The molecular weight excluding hydrogens is 330 g/mol. The van der Waals surface area contributed by atoms with E-state index in [0.29, 0.717) is 25.9 Å². The van der Waals surface area contributed by atoms with Gasteiger partial charge in [-0.3, -0.25) is 14.4 Å². The summed E-state index contributed by atoms with van der Waals surface area (Å²) < 4.78 is 0. The lowest BCUT2D eigenvalue weighted by atomic mass is 9.97. The summed E-state index contributed by atoms with van der Waals surface area (Å²) in [5, 5.41) is 2.99. The predicted octanol–water partition coefficient (Wildman–Crippen LogP) is 2.72. The molecule has 1 aromatic carbocycles. The standard InChI is InChI=1S/C20H27N3O3/c1-4-6-18(25)23-11-5-10-20(23,3)19(26)21-16-7-8-17-15(13-16)9-12-22(17)14(2)24/h7-8,13H,4-6,9-12H2,1-3H3,(H,21,26). The second kappa shape index (κ2) is 7.09. The summed E-state index contributed by atoms with van der Waals surface area (Å²) >= 11 is 0. The van der Waals surface area contributed by atoms with E-state index in [0.717, 1.165) is 36.2 Å². The van der Waals surface area contributed by atoms with Gasteiger partial charge in [-0.05, 0) is 56.4 Å². The van der Waals surface area contributed by atoms with Crippen LogP contribution in [-0.2, 0) is 20.8 Å². The van der Waals surface area contributed by atoms with Crippen molar-refractivity contribution in [3.63, 3.8) is 0 Å². The number of amides is 3. The number of carbonyl (C=O) groups excluding carboxylic acids is 3. The highest BCUT2D eigenvalue weighted by Crippen LogP contribution is 2.33. The quantitative estimate of drug-likeness (QED) is 0.901. The number of carbonyl (C=O) groups is 3. The number of nitrogens with one attached hydrogen (secondary N) is 1. The predicted molar refractivity (Wildman–Crippen MR) is 101 cm³/mol. The second-order valence-corrected chi connectivity index (χ2v) is 7.39. The summed E-state index contributed by atoms with van der Waals surface area (Å²) in [7, 11) is 0. The summed E-state index contributed by atoms with van der Waals surface area (Å²) in [4.78, 5) is 40.5. The summed E-state index contributed by atoms with van der Waals surface area (Å²) in [5.74, 6) is -0.0568. The first-order chi connectivity index (χ1) is 12.4. The maximum Gasteiger partial charge on any atom is 0.250 e. The van der Waals surface area contributed by atoms with Crippen LogP contribution >= 0.6 is 0 Å².